The minimum Gasteiger partial charge on any atom is -0.0654 e. The average Bonchev–Trinajstić information content (AvgIpc) is 3.43. The van der Waals surface area contributed by atoms with Crippen molar-refractivity contribution in [3.8, 4) is 0 Å². The Bertz CT molecular complexity index is 1670. The summed E-state index contributed by atoms with van der Waals surface area (Å²) in [5.74, 6) is 0. The molecule has 0 amide bonds. The second-order valence-electron chi connectivity index (χ2n) is 23.0. The maximum atomic E-state index is 6.01. The van der Waals surface area contributed by atoms with Gasteiger partial charge in [0, 0.05) is 0 Å². The number of hydrogen-bond acceptors (Lipinski definition) is 1. The van der Waals surface area contributed by atoms with Crippen LogP contribution in [-0.4, -0.2) is 15.1 Å². The topological polar surface area (TPSA) is 15.4 Å². The van der Waals surface area contributed by atoms with Gasteiger partial charge in [-0.25, -0.2) is 0 Å². The van der Waals surface area contributed by atoms with E-state index in [1.807, 2.05) is 0 Å². The van der Waals surface area contributed by atoms with Crippen LogP contribution >= 0.6 is 0 Å². The van der Waals surface area contributed by atoms with Gasteiger partial charge in [0.1, 0.15) is 0 Å². The third kappa shape index (κ3) is 39.7. The van der Waals surface area contributed by atoms with Crippen molar-refractivity contribution in [1.82, 2.24) is 0 Å². The molecule has 0 N–H and O–H groups in total. The zero-order valence-electron chi connectivity index (χ0n) is 50.5. The Balaban J connectivity index is 1.74. The van der Waals surface area contributed by atoms with Gasteiger partial charge < -0.3 is 0 Å². The van der Waals surface area contributed by atoms with Crippen LogP contribution in [0.15, 0.2) is 77.8 Å². The Morgan fingerprint density at radius 1 is 0.347 bits per heavy atom. The summed E-state index contributed by atoms with van der Waals surface area (Å²) >= 11 is 6.01. The molecule has 431 valence electrons. The first-order valence-electron chi connectivity index (χ1n) is 33.5. The fourth-order valence-corrected chi connectivity index (χ4v) is 11.4. The number of unbranched alkanes of at least 4 members (excludes halogenated alkanes) is 40. The smallest absolute Gasteiger partial charge is 0.0654 e. The van der Waals surface area contributed by atoms with E-state index in [1.165, 1.54) is 285 Å². The van der Waals surface area contributed by atoms with Gasteiger partial charge in [-0.05, 0) is 0 Å². The van der Waals surface area contributed by atoms with E-state index in [2.05, 4.69) is 104 Å². The number of hydrogen-bond donors (Lipinski definition) is 0. The number of aryl methyl sites for hydroxylation is 2. The monoisotopic (exact) mass is 1070 g/mol. The molecule has 0 aromatic heterocycles. The maximum absolute atomic E-state index is 6.01. The van der Waals surface area contributed by atoms with E-state index in [1.54, 1.807) is 0 Å². The Kier molecular flexibility index (Phi) is 49.3. The van der Waals surface area contributed by atoms with Crippen LogP contribution in [0.1, 0.15) is 347 Å². The van der Waals surface area contributed by atoms with Crippen molar-refractivity contribution in [3.05, 3.63) is 84.0 Å². The minimum absolute atomic E-state index is 0.966. The zero-order valence-corrected chi connectivity index (χ0v) is 51.5. The van der Waals surface area contributed by atoms with E-state index in [0.29, 0.717) is 0 Å². The van der Waals surface area contributed by atoms with Gasteiger partial charge in [-0.15, -0.1) is 0 Å². The van der Waals surface area contributed by atoms with E-state index >= 15 is 0 Å². The molecule has 0 spiro atoms. The fourth-order valence-electron chi connectivity index (χ4n) is 10.9. The molecule has 0 fully saturated rings. The van der Waals surface area contributed by atoms with Crippen molar-refractivity contribution in [2.24, 2.45) is 4.99 Å². The summed E-state index contributed by atoms with van der Waals surface area (Å²) in [4.78, 5) is 5.54. The first kappa shape index (κ1) is 68.9. The predicted molar refractivity (Wildman–Crippen MR) is 335 cm³/mol. The first-order chi connectivity index (χ1) is 37.2. The van der Waals surface area contributed by atoms with Gasteiger partial charge in [0.15, 0.2) is 0 Å². The Hall–Kier alpha value is -2.25. The van der Waals surface area contributed by atoms with Crippen molar-refractivity contribution >= 4 is 22.8 Å². The van der Waals surface area contributed by atoms with E-state index in [-0.39, 0.29) is 0 Å². The van der Waals surface area contributed by atoms with Gasteiger partial charge >= 0.3 is 254 Å². The Morgan fingerprint density at radius 2 is 0.653 bits per heavy atom. The summed E-state index contributed by atoms with van der Waals surface area (Å²) in [7, 11) is 0. The van der Waals surface area contributed by atoms with Crippen LogP contribution in [0, 0.1) is 0 Å². The number of allylic oxidation sites excluding steroid dienone is 4. The molecular weight excluding hydrogens is 951 g/mol. The molecule has 2 aromatic rings. The van der Waals surface area contributed by atoms with Gasteiger partial charge in [0.05, 0.1) is 0 Å². The molecule has 0 radical (unpaired) electrons. The summed E-state index contributed by atoms with van der Waals surface area (Å²) < 4.78 is 2.15. The molecule has 0 aliphatic carbocycles. The summed E-state index contributed by atoms with van der Waals surface area (Å²) in [5, 5.41) is 0. The second-order valence-corrected chi connectivity index (χ2v) is 23.5. The fraction of sp³-hybridized carbons (Fsp3) is 0.750. The molecular formula is C72H124N2Ni+. The molecule has 75 heavy (non-hydrogen) atoms. The zero-order chi connectivity index (χ0) is 53.6. The molecule has 0 heterocycles. The van der Waals surface area contributed by atoms with Crippen LogP contribution < -0.4 is 0 Å². The minimum atomic E-state index is 0.966. The number of rotatable bonds is 55. The van der Waals surface area contributed by atoms with Crippen molar-refractivity contribution in [1.29, 1.82) is 0 Å². The molecule has 0 saturated heterocycles. The van der Waals surface area contributed by atoms with Crippen molar-refractivity contribution in [2.75, 3.05) is 0 Å². The Labute approximate surface area is 477 Å². The van der Waals surface area contributed by atoms with Gasteiger partial charge in [-0.3, -0.25) is 0 Å². The summed E-state index contributed by atoms with van der Waals surface area (Å²) in [6.07, 6.45) is 77.3. The first-order valence-corrected chi connectivity index (χ1v) is 33.9. The summed E-state index contributed by atoms with van der Waals surface area (Å²) in [5.41, 5.74) is 7.45. The predicted octanol–water partition coefficient (Wildman–Crippen LogP) is 25.0. The molecule has 0 aliphatic heterocycles. The third-order valence-corrected chi connectivity index (χ3v) is 16.5. The summed E-state index contributed by atoms with van der Waals surface area (Å²) in [6, 6.07) is 17.8. The average molecular weight is 1080 g/mol. The van der Waals surface area contributed by atoms with E-state index < -0.39 is 0 Å². The third-order valence-electron chi connectivity index (χ3n) is 16.0. The second kappa shape index (κ2) is 53.7. The molecule has 0 saturated carbocycles. The van der Waals surface area contributed by atoms with Gasteiger partial charge in [-0.2, -0.15) is 0 Å². The van der Waals surface area contributed by atoms with Crippen LogP contribution in [-0.2, 0) is 28.5 Å². The van der Waals surface area contributed by atoms with Crippen LogP contribution in [0.2, 0.25) is 0 Å². The molecule has 2 rings (SSSR count). The van der Waals surface area contributed by atoms with E-state index in [0.717, 1.165) is 69.9 Å². The van der Waals surface area contributed by atoms with Crippen molar-refractivity contribution < 1.29 is 19.3 Å². The van der Waals surface area contributed by atoms with Gasteiger partial charge in [0.25, 0.3) is 0 Å². The normalized spacial score (nSPS) is 12.5. The molecule has 0 atom stereocenters. The van der Waals surface area contributed by atoms with Crippen LogP contribution in [0.3, 0.4) is 0 Å². The van der Waals surface area contributed by atoms with Crippen molar-refractivity contribution in [3.63, 3.8) is 0 Å². The molecule has 2 nitrogen and oxygen atoms in total. The van der Waals surface area contributed by atoms with E-state index in [4.69, 9.17) is 20.7 Å². The number of aliphatic imine (C=N–C) groups is 1. The van der Waals surface area contributed by atoms with Crippen molar-refractivity contribution in [2.45, 2.75) is 349 Å². The van der Waals surface area contributed by atoms with Crippen LogP contribution in [0.5, 0.6) is 0 Å². The number of para-hydroxylation sites is 2. The Morgan fingerprint density at radius 3 is 1.05 bits per heavy atom. The number of benzene rings is 2. The SMILES string of the molecule is CCCCCCCCCCCCCCCCCCCCCC=CCCc1ccccc1N=C(CCCC)C(CCCC)=[N+]([Ni])c1ccccc1CCC=CCCCCCCCCCCCCCCCCCCCCC. The molecule has 0 unspecified atom stereocenters. The van der Waals surface area contributed by atoms with Crippen LogP contribution in [0.25, 0.3) is 0 Å². The van der Waals surface area contributed by atoms with E-state index in [9.17, 15) is 0 Å². The van der Waals surface area contributed by atoms with Gasteiger partial charge in [-0.1, -0.05) is 226 Å². The molecule has 0 bridgehead atoms. The molecule has 0 aliphatic rings. The van der Waals surface area contributed by atoms with Crippen LogP contribution in [0.4, 0.5) is 11.4 Å². The standard InChI is InChI=1S/C72H124N2.Ni/c1-5-9-13-15-17-19-21-23-25-27-29-31-33-35-37-39-41-43-45-47-49-51-53-59-67-61-55-57-65-69(67)73-71(63-11-7-3)72(64-12-8-4)74-70-66-58-56-62-68(70)60-54-52-50-48-46-44-42-40-38-36-34-32-30-28-26-24-22-20-18-16-14-10-6-2;/h49-52,55-58,61-62,65-66H,5-48,53-54,59-60,63-64H2,1-4H3;/q;+1. The number of nitrogens with zero attached hydrogens (tertiary/aromatic N) is 2. The van der Waals surface area contributed by atoms with Gasteiger partial charge in [0.2, 0.25) is 0 Å². The quantitative estimate of drug-likeness (QED) is 0.0272. The molecule has 3 heteroatoms. The molecule has 2 aromatic carbocycles. The summed E-state index contributed by atoms with van der Waals surface area (Å²) in [6.45, 7) is 9.21.